The van der Waals surface area contributed by atoms with E-state index in [1.54, 1.807) is 17.8 Å². The third-order valence-electron chi connectivity index (χ3n) is 2.57. The Labute approximate surface area is 105 Å². The Balaban J connectivity index is 2.13. The van der Waals surface area contributed by atoms with Gasteiger partial charge in [0.05, 0.1) is 12.3 Å². The summed E-state index contributed by atoms with van der Waals surface area (Å²) in [6.07, 6.45) is 2.77. The molecule has 2 rings (SSSR count). The third-order valence-corrected chi connectivity index (χ3v) is 2.57. The summed E-state index contributed by atoms with van der Waals surface area (Å²) in [4.78, 5) is 0. The molecule has 0 fully saturated rings. The lowest BCUT2D eigenvalue weighted by Gasteiger charge is -2.12. The molecular weight excluding hydrogens is 235 g/mol. The van der Waals surface area contributed by atoms with E-state index in [1.807, 2.05) is 13.2 Å². The van der Waals surface area contributed by atoms with Gasteiger partial charge in [0.25, 0.3) is 0 Å². The van der Waals surface area contributed by atoms with Crippen molar-refractivity contribution in [1.82, 2.24) is 9.78 Å². The smallest absolute Gasteiger partial charge is 0.125 e. The fraction of sp³-hybridized carbons (Fsp3) is 0.308. The second-order valence-corrected chi connectivity index (χ2v) is 4.17. The van der Waals surface area contributed by atoms with E-state index >= 15 is 0 Å². The van der Waals surface area contributed by atoms with E-state index in [1.165, 1.54) is 18.2 Å². The van der Waals surface area contributed by atoms with Crippen LogP contribution in [0.1, 0.15) is 24.2 Å². The van der Waals surface area contributed by atoms with Gasteiger partial charge in [-0.1, -0.05) is 0 Å². The predicted octanol–water partition coefficient (Wildman–Crippen LogP) is 2.19. The Morgan fingerprint density at radius 3 is 2.89 bits per heavy atom. The first-order valence-corrected chi connectivity index (χ1v) is 5.64. The summed E-state index contributed by atoms with van der Waals surface area (Å²) in [7, 11) is 1.82. The first-order valence-electron chi connectivity index (χ1n) is 5.64. The number of aliphatic hydroxyl groups is 1. The lowest BCUT2D eigenvalue weighted by atomic mass is 10.1. The van der Waals surface area contributed by atoms with Crippen LogP contribution in [0.15, 0.2) is 30.6 Å². The molecule has 0 radical (unpaired) electrons. The molecule has 0 saturated carbocycles. The van der Waals surface area contributed by atoms with Gasteiger partial charge in [-0.3, -0.25) is 4.68 Å². The highest BCUT2D eigenvalue weighted by molar-refractivity contribution is 5.35. The SMILES string of the molecule is CC(O)c1cc(F)ccc1OCc1cnn(C)c1. The number of ether oxygens (including phenoxy) is 1. The van der Waals surface area contributed by atoms with Crippen molar-refractivity contribution in [2.45, 2.75) is 19.6 Å². The van der Waals surface area contributed by atoms with E-state index in [4.69, 9.17) is 4.74 Å². The lowest BCUT2D eigenvalue weighted by molar-refractivity contribution is 0.189. The van der Waals surface area contributed by atoms with Crippen LogP contribution >= 0.6 is 0 Å². The van der Waals surface area contributed by atoms with Crippen LogP contribution in [-0.2, 0) is 13.7 Å². The molecule has 0 bridgehead atoms. The van der Waals surface area contributed by atoms with Crippen LogP contribution in [-0.4, -0.2) is 14.9 Å². The summed E-state index contributed by atoms with van der Waals surface area (Å²) in [5.74, 6) is 0.0925. The number of rotatable bonds is 4. The van der Waals surface area contributed by atoms with Crippen molar-refractivity contribution in [3.8, 4) is 5.75 Å². The fourth-order valence-electron chi connectivity index (χ4n) is 1.68. The average molecular weight is 250 g/mol. The molecule has 96 valence electrons. The van der Waals surface area contributed by atoms with Crippen molar-refractivity contribution in [3.63, 3.8) is 0 Å². The molecule has 4 nitrogen and oxygen atoms in total. The zero-order valence-electron chi connectivity index (χ0n) is 10.3. The largest absolute Gasteiger partial charge is 0.488 e. The molecular formula is C13H15FN2O2. The molecule has 18 heavy (non-hydrogen) atoms. The predicted molar refractivity (Wildman–Crippen MR) is 64.6 cm³/mol. The third kappa shape index (κ3) is 2.87. The van der Waals surface area contributed by atoms with E-state index < -0.39 is 6.10 Å². The van der Waals surface area contributed by atoms with E-state index in [9.17, 15) is 9.50 Å². The Morgan fingerprint density at radius 1 is 1.50 bits per heavy atom. The fourth-order valence-corrected chi connectivity index (χ4v) is 1.68. The van der Waals surface area contributed by atoms with Gasteiger partial charge in [-0.25, -0.2) is 4.39 Å². The zero-order valence-corrected chi connectivity index (χ0v) is 10.3. The van der Waals surface area contributed by atoms with Gasteiger partial charge in [-0.05, 0) is 25.1 Å². The van der Waals surface area contributed by atoms with Crippen molar-refractivity contribution in [3.05, 3.63) is 47.5 Å². The molecule has 1 aromatic carbocycles. The van der Waals surface area contributed by atoms with Crippen molar-refractivity contribution >= 4 is 0 Å². The zero-order chi connectivity index (χ0) is 13.1. The Morgan fingerprint density at radius 2 is 2.28 bits per heavy atom. The van der Waals surface area contributed by atoms with Crippen molar-refractivity contribution in [1.29, 1.82) is 0 Å². The first-order chi connectivity index (χ1) is 8.56. The minimum Gasteiger partial charge on any atom is -0.488 e. The average Bonchev–Trinajstić information content (AvgIpc) is 2.73. The van der Waals surface area contributed by atoms with Crippen LogP contribution in [0.25, 0.3) is 0 Å². The van der Waals surface area contributed by atoms with Crippen molar-refractivity contribution in [2.75, 3.05) is 0 Å². The number of benzene rings is 1. The molecule has 1 heterocycles. The molecule has 0 aliphatic carbocycles. The summed E-state index contributed by atoms with van der Waals surface area (Å²) < 4.78 is 20.3. The monoisotopic (exact) mass is 250 g/mol. The molecule has 0 aliphatic heterocycles. The number of aryl methyl sites for hydroxylation is 1. The standard InChI is InChI=1S/C13H15FN2O2/c1-9(17)12-5-11(14)3-4-13(12)18-8-10-6-15-16(2)7-10/h3-7,9,17H,8H2,1-2H3. The molecule has 1 atom stereocenters. The molecule has 0 amide bonds. The molecule has 1 aromatic heterocycles. The number of halogens is 1. The maximum atomic E-state index is 13.1. The van der Waals surface area contributed by atoms with E-state index in [0.717, 1.165) is 5.56 Å². The van der Waals surface area contributed by atoms with E-state index in [2.05, 4.69) is 5.10 Å². The molecule has 0 saturated heterocycles. The number of aromatic nitrogens is 2. The van der Waals surface area contributed by atoms with Crippen LogP contribution in [0.5, 0.6) is 5.75 Å². The highest BCUT2D eigenvalue weighted by Crippen LogP contribution is 2.26. The normalized spacial score (nSPS) is 12.4. The molecule has 5 heteroatoms. The van der Waals surface area contributed by atoms with Gasteiger partial charge in [-0.15, -0.1) is 0 Å². The summed E-state index contributed by atoms with van der Waals surface area (Å²) in [5.41, 5.74) is 1.36. The van der Waals surface area contributed by atoms with Gasteiger partial charge in [-0.2, -0.15) is 5.10 Å². The van der Waals surface area contributed by atoms with Crippen LogP contribution in [0.4, 0.5) is 4.39 Å². The molecule has 1 N–H and O–H groups in total. The molecule has 0 spiro atoms. The number of nitrogens with zero attached hydrogens (tertiary/aromatic N) is 2. The van der Waals surface area contributed by atoms with Crippen LogP contribution < -0.4 is 4.74 Å². The van der Waals surface area contributed by atoms with Gasteiger partial charge in [0.15, 0.2) is 0 Å². The molecule has 2 aromatic rings. The summed E-state index contributed by atoms with van der Waals surface area (Å²) in [5, 5.41) is 13.6. The van der Waals surface area contributed by atoms with Crippen LogP contribution in [0, 0.1) is 5.82 Å². The van der Waals surface area contributed by atoms with Crippen molar-refractivity contribution < 1.29 is 14.2 Å². The number of hydrogen-bond donors (Lipinski definition) is 1. The number of aliphatic hydroxyl groups excluding tert-OH is 1. The second-order valence-electron chi connectivity index (χ2n) is 4.17. The minimum absolute atomic E-state index is 0.333. The quantitative estimate of drug-likeness (QED) is 0.904. The Bertz CT molecular complexity index is 538. The summed E-state index contributed by atoms with van der Waals surface area (Å²) >= 11 is 0. The maximum Gasteiger partial charge on any atom is 0.125 e. The molecule has 0 aliphatic rings. The van der Waals surface area contributed by atoms with Crippen LogP contribution in [0.3, 0.4) is 0 Å². The van der Waals surface area contributed by atoms with Gasteiger partial charge >= 0.3 is 0 Å². The first kappa shape index (κ1) is 12.6. The highest BCUT2D eigenvalue weighted by atomic mass is 19.1. The second kappa shape index (κ2) is 5.18. The minimum atomic E-state index is -0.774. The Hall–Kier alpha value is -1.88. The van der Waals surface area contributed by atoms with Crippen LogP contribution in [0.2, 0.25) is 0 Å². The van der Waals surface area contributed by atoms with Gasteiger partial charge in [0.1, 0.15) is 18.2 Å². The topological polar surface area (TPSA) is 47.3 Å². The van der Waals surface area contributed by atoms with Crippen molar-refractivity contribution in [2.24, 2.45) is 7.05 Å². The van der Waals surface area contributed by atoms with E-state index in [-0.39, 0.29) is 5.82 Å². The summed E-state index contributed by atoms with van der Waals surface area (Å²) in [6.45, 7) is 1.91. The molecule has 1 unspecified atom stereocenters. The van der Waals surface area contributed by atoms with E-state index in [0.29, 0.717) is 17.9 Å². The Kier molecular flexibility index (Phi) is 3.62. The number of hydrogen-bond acceptors (Lipinski definition) is 3. The maximum absolute atomic E-state index is 13.1. The summed E-state index contributed by atoms with van der Waals surface area (Å²) in [6, 6.07) is 4.11. The van der Waals surface area contributed by atoms with Gasteiger partial charge < -0.3 is 9.84 Å². The van der Waals surface area contributed by atoms with Gasteiger partial charge in [0.2, 0.25) is 0 Å². The van der Waals surface area contributed by atoms with Gasteiger partial charge in [0, 0.05) is 24.4 Å². The lowest BCUT2D eigenvalue weighted by Crippen LogP contribution is -2.01. The highest BCUT2D eigenvalue weighted by Gasteiger charge is 2.11.